The first-order valence-electron chi connectivity index (χ1n) is 6.84. The molecule has 1 N–H and O–H groups in total. The minimum absolute atomic E-state index is 0.487. The van der Waals surface area contributed by atoms with Gasteiger partial charge in [-0.1, -0.05) is 30.3 Å². The summed E-state index contributed by atoms with van der Waals surface area (Å²) < 4.78 is 16.6. The third-order valence-electron chi connectivity index (χ3n) is 3.85. The van der Waals surface area contributed by atoms with Gasteiger partial charge in [-0.3, -0.25) is 0 Å². The summed E-state index contributed by atoms with van der Waals surface area (Å²) in [5.74, 6) is -0.188. The summed E-state index contributed by atoms with van der Waals surface area (Å²) in [6, 6.07) is 14.9. The van der Waals surface area contributed by atoms with E-state index in [1.54, 1.807) is 20.3 Å². The fourth-order valence-corrected chi connectivity index (χ4v) is 2.68. The van der Waals surface area contributed by atoms with Gasteiger partial charge in [0.1, 0.15) is 17.6 Å². The molecule has 4 heteroatoms. The van der Waals surface area contributed by atoms with E-state index < -0.39 is 11.9 Å². The number of hydrogen-bond acceptors (Lipinski definition) is 4. The zero-order valence-corrected chi connectivity index (χ0v) is 12.1. The molecule has 2 aromatic rings. The van der Waals surface area contributed by atoms with Crippen molar-refractivity contribution < 1.29 is 19.3 Å². The number of fused-ring (bicyclic) bond motifs is 1. The SMILES string of the molecule is COc1cccc([C@]2(O)Oc3ccccc3C[C@@H]2OC)c1. The maximum Gasteiger partial charge on any atom is 0.261 e. The first-order valence-corrected chi connectivity index (χ1v) is 6.84. The lowest BCUT2D eigenvalue weighted by Crippen LogP contribution is -2.49. The third-order valence-corrected chi connectivity index (χ3v) is 3.85. The van der Waals surface area contributed by atoms with Gasteiger partial charge >= 0.3 is 0 Å². The second-order valence-electron chi connectivity index (χ2n) is 5.07. The average molecular weight is 286 g/mol. The van der Waals surface area contributed by atoms with Gasteiger partial charge in [0.25, 0.3) is 5.79 Å². The number of methoxy groups -OCH3 is 2. The molecule has 4 nitrogen and oxygen atoms in total. The maximum atomic E-state index is 11.1. The number of aliphatic hydroxyl groups is 1. The van der Waals surface area contributed by atoms with Crippen LogP contribution >= 0.6 is 0 Å². The van der Waals surface area contributed by atoms with Crippen LogP contribution in [0.5, 0.6) is 11.5 Å². The van der Waals surface area contributed by atoms with Crippen molar-refractivity contribution in [2.75, 3.05) is 14.2 Å². The second-order valence-corrected chi connectivity index (χ2v) is 5.07. The van der Waals surface area contributed by atoms with Crippen LogP contribution in [0.15, 0.2) is 48.5 Å². The molecule has 1 aliphatic rings. The predicted octanol–water partition coefficient (Wildman–Crippen LogP) is 2.49. The summed E-state index contributed by atoms with van der Waals surface area (Å²) in [7, 11) is 3.17. The quantitative estimate of drug-likeness (QED) is 0.941. The number of ether oxygens (including phenoxy) is 3. The van der Waals surface area contributed by atoms with E-state index in [-0.39, 0.29) is 0 Å². The largest absolute Gasteiger partial charge is 0.497 e. The molecule has 2 atom stereocenters. The molecule has 1 heterocycles. The molecule has 1 aliphatic heterocycles. The van der Waals surface area contributed by atoms with Crippen molar-refractivity contribution in [3.8, 4) is 11.5 Å². The highest BCUT2D eigenvalue weighted by molar-refractivity contribution is 5.40. The molecule has 0 spiro atoms. The van der Waals surface area contributed by atoms with Crippen molar-refractivity contribution in [1.29, 1.82) is 0 Å². The molecule has 0 amide bonds. The number of benzene rings is 2. The highest BCUT2D eigenvalue weighted by atomic mass is 16.7. The Hall–Kier alpha value is -2.04. The van der Waals surface area contributed by atoms with Crippen molar-refractivity contribution in [3.05, 3.63) is 59.7 Å². The van der Waals surface area contributed by atoms with Crippen molar-refractivity contribution in [1.82, 2.24) is 0 Å². The minimum Gasteiger partial charge on any atom is -0.497 e. The van der Waals surface area contributed by atoms with Crippen molar-refractivity contribution in [2.45, 2.75) is 18.3 Å². The molecule has 2 aromatic carbocycles. The first kappa shape index (κ1) is 13.9. The number of hydrogen-bond donors (Lipinski definition) is 1. The second kappa shape index (κ2) is 5.39. The standard InChI is InChI=1S/C17H18O4/c1-19-14-8-5-7-13(11-14)17(18)16(20-2)10-12-6-3-4-9-15(12)21-17/h3-9,11,16,18H,10H2,1-2H3/t16-,17-/m0/s1. The Labute approximate surface area is 123 Å². The van der Waals surface area contributed by atoms with Gasteiger partial charge in [0, 0.05) is 19.1 Å². The van der Waals surface area contributed by atoms with Crippen LogP contribution in [0, 0.1) is 0 Å². The van der Waals surface area contributed by atoms with E-state index in [1.807, 2.05) is 42.5 Å². The Morgan fingerprint density at radius 2 is 1.95 bits per heavy atom. The van der Waals surface area contributed by atoms with Crippen molar-refractivity contribution in [2.24, 2.45) is 0 Å². The van der Waals surface area contributed by atoms with Crippen LogP contribution < -0.4 is 9.47 Å². The van der Waals surface area contributed by atoms with Gasteiger partial charge < -0.3 is 19.3 Å². The molecule has 0 unspecified atom stereocenters. The molecular formula is C17H18O4. The summed E-state index contributed by atoms with van der Waals surface area (Å²) in [6.07, 6.45) is 0.0971. The van der Waals surface area contributed by atoms with E-state index in [0.29, 0.717) is 23.5 Å². The predicted molar refractivity (Wildman–Crippen MR) is 78.5 cm³/mol. The van der Waals surface area contributed by atoms with Crippen LogP contribution in [-0.2, 0) is 16.9 Å². The summed E-state index contributed by atoms with van der Waals surface area (Å²) in [6.45, 7) is 0. The van der Waals surface area contributed by atoms with E-state index >= 15 is 0 Å². The minimum atomic E-state index is -1.53. The van der Waals surface area contributed by atoms with Gasteiger partial charge in [0.15, 0.2) is 0 Å². The highest BCUT2D eigenvalue weighted by Gasteiger charge is 2.45. The third kappa shape index (κ3) is 2.37. The van der Waals surface area contributed by atoms with Gasteiger partial charge in [-0.25, -0.2) is 0 Å². The first-order chi connectivity index (χ1) is 10.2. The maximum absolute atomic E-state index is 11.1. The van der Waals surface area contributed by atoms with E-state index in [4.69, 9.17) is 14.2 Å². The highest BCUT2D eigenvalue weighted by Crippen LogP contribution is 2.39. The molecule has 21 heavy (non-hydrogen) atoms. The van der Waals surface area contributed by atoms with Crippen molar-refractivity contribution >= 4 is 0 Å². The molecule has 0 radical (unpaired) electrons. The lowest BCUT2D eigenvalue weighted by atomic mass is 9.91. The summed E-state index contributed by atoms with van der Waals surface area (Å²) >= 11 is 0. The Morgan fingerprint density at radius 1 is 1.14 bits per heavy atom. The topological polar surface area (TPSA) is 47.9 Å². The van der Waals surface area contributed by atoms with Gasteiger partial charge in [-0.15, -0.1) is 0 Å². The van der Waals surface area contributed by atoms with Crippen LogP contribution in [-0.4, -0.2) is 25.4 Å². The Kier molecular flexibility index (Phi) is 3.57. The number of rotatable bonds is 3. The van der Waals surface area contributed by atoms with Gasteiger partial charge in [0.05, 0.1) is 7.11 Å². The smallest absolute Gasteiger partial charge is 0.261 e. The van der Waals surface area contributed by atoms with Crippen molar-refractivity contribution in [3.63, 3.8) is 0 Å². The fraction of sp³-hybridized carbons (Fsp3) is 0.294. The molecule has 3 rings (SSSR count). The van der Waals surface area contributed by atoms with Crippen LogP contribution in [0.4, 0.5) is 0 Å². The fourth-order valence-electron chi connectivity index (χ4n) is 2.68. The average Bonchev–Trinajstić information content (AvgIpc) is 2.54. The van der Waals surface area contributed by atoms with E-state index in [9.17, 15) is 5.11 Å². The Morgan fingerprint density at radius 3 is 2.71 bits per heavy atom. The normalized spacial score (nSPS) is 24.0. The lowest BCUT2D eigenvalue weighted by molar-refractivity contribution is -0.230. The van der Waals surface area contributed by atoms with E-state index in [0.717, 1.165) is 5.56 Å². The molecule has 0 saturated heterocycles. The van der Waals surface area contributed by atoms with E-state index in [1.165, 1.54) is 0 Å². The molecule has 0 fully saturated rings. The molecule has 0 aliphatic carbocycles. The lowest BCUT2D eigenvalue weighted by Gasteiger charge is -2.40. The molecule has 110 valence electrons. The zero-order valence-electron chi connectivity index (χ0n) is 12.1. The monoisotopic (exact) mass is 286 g/mol. The number of para-hydroxylation sites is 1. The zero-order chi connectivity index (χ0) is 14.9. The van der Waals surface area contributed by atoms with Gasteiger partial charge in [-0.05, 0) is 23.8 Å². The molecule has 0 saturated carbocycles. The van der Waals surface area contributed by atoms with Crippen LogP contribution in [0.2, 0.25) is 0 Å². The summed E-state index contributed by atoms with van der Waals surface area (Å²) in [4.78, 5) is 0. The van der Waals surface area contributed by atoms with Gasteiger partial charge in [0.2, 0.25) is 0 Å². The van der Waals surface area contributed by atoms with Gasteiger partial charge in [-0.2, -0.15) is 0 Å². The molecule has 0 bridgehead atoms. The molecule has 0 aromatic heterocycles. The van der Waals surface area contributed by atoms with Crippen LogP contribution in [0.25, 0.3) is 0 Å². The Bertz CT molecular complexity index is 640. The van der Waals surface area contributed by atoms with Crippen LogP contribution in [0.1, 0.15) is 11.1 Å². The Balaban J connectivity index is 2.05. The summed E-state index contributed by atoms with van der Waals surface area (Å²) in [5.41, 5.74) is 1.64. The van der Waals surface area contributed by atoms with Crippen LogP contribution in [0.3, 0.4) is 0 Å². The van der Waals surface area contributed by atoms with E-state index in [2.05, 4.69) is 0 Å². The summed E-state index contributed by atoms with van der Waals surface area (Å²) in [5, 5.41) is 11.1. The molecular weight excluding hydrogens is 268 g/mol.